The quantitative estimate of drug-likeness (QED) is 0.643. The molecule has 0 spiro atoms. The first-order chi connectivity index (χ1) is 5.83. The van der Waals surface area contributed by atoms with Crippen molar-refractivity contribution >= 4 is 11.7 Å². The summed E-state index contributed by atoms with van der Waals surface area (Å²) in [5, 5.41) is 5.30. The Bertz CT molecular complexity index is 249. The van der Waals surface area contributed by atoms with Crippen molar-refractivity contribution in [1.82, 2.24) is 15.3 Å². The van der Waals surface area contributed by atoms with Crippen molar-refractivity contribution in [3.63, 3.8) is 0 Å². The first-order valence-corrected chi connectivity index (χ1v) is 3.53. The zero-order valence-corrected chi connectivity index (χ0v) is 6.74. The van der Waals surface area contributed by atoms with Crippen molar-refractivity contribution in [2.24, 2.45) is 0 Å². The number of carbonyl (C=O) groups is 1. The second kappa shape index (κ2) is 4.40. The van der Waals surface area contributed by atoms with E-state index in [2.05, 4.69) is 20.6 Å². The first kappa shape index (κ1) is 8.61. The SMILES string of the molecule is CNCC(=O)Nc1cnccn1. The average Bonchev–Trinajstić information content (AvgIpc) is 2.06. The molecule has 5 heteroatoms. The maximum absolute atomic E-state index is 11.0. The van der Waals surface area contributed by atoms with Gasteiger partial charge >= 0.3 is 0 Å². The number of carbonyl (C=O) groups excluding carboxylic acids is 1. The zero-order valence-electron chi connectivity index (χ0n) is 6.74. The van der Waals surface area contributed by atoms with E-state index in [0.717, 1.165) is 0 Å². The number of likely N-dealkylation sites (N-methyl/N-ethyl adjacent to an activating group) is 1. The van der Waals surface area contributed by atoms with Gasteiger partial charge in [0.1, 0.15) is 0 Å². The Morgan fingerprint density at radius 1 is 1.58 bits per heavy atom. The Balaban J connectivity index is 2.47. The maximum atomic E-state index is 11.0. The van der Waals surface area contributed by atoms with E-state index in [1.165, 1.54) is 12.4 Å². The molecule has 0 bridgehead atoms. The van der Waals surface area contributed by atoms with E-state index < -0.39 is 0 Å². The Morgan fingerprint density at radius 3 is 3.00 bits per heavy atom. The summed E-state index contributed by atoms with van der Waals surface area (Å²) in [6.07, 6.45) is 4.57. The second-order valence-electron chi connectivity index (χ2n) is 2.17. The van der Waals surface area contributed by atoms with Gasteiger partial charge in [-0.2, -0.15) is 0 Å². The van der Waals surface area contributed by atoms with E-state index >= 15 is 0 Å². The lowest BCUT2D eigenvalue weighted by atomic mass is 10.5. The van der Waals surface area contributed by atoms with Gasteiger partial charge in [-0.15, -0.1) is 0 Å². The lowest BCUT2D eigenvalue weighted by Gasteiger charge is -2.01. The molecule has 1 aromatic heterocycles. The Morgan fingerprint density at radius 2 is 2.42 bits per heavy atom. The van der Waals surface area contributed by atoms with Crippen LogP contribution < -0.4 is 10.6 Å². The maximum Gasteiger partial charge on any atom is 0.239 e. The third-order valence-electron chi connectivity index (χ3n) is 1.17. The van der Waals surface area contributed by atoms with Crippen molar-refractivity contribution in [3.8, 4) is 0 Å². The molecule has 1 amide bonds. The normalized spacial score (nSPS) is 9.42. The number of rotatable bonds is 3. The molecule has 0 saturated heterocycles. The van der Waals surface area contributed by atoms with Crippen LogP contribution in [0.4, 0.5) is 5.82 Å². The molecular formula is C7H10N4O. The minimum atomic E-state index is -0.127. The van der Waals surface area contributed by atoms with Crippen molar-refractivity contribution in [1.29, 1.82) is 0 Å². The molecule has 0 aliphatic carbocycles. The van der Waals surface area contributed by atoms with Gasteiger partial charge in [-0.1, -0.05) is 0 Å². The fraction of sp³-hybridized carbons (Fsp3) is 0.286. The van der Waals surface area contributed by atoms with Gasteiger partial charge in [0.05, 0.1) is 12.7 Å². The standard InChI is InChI=1S/C7H10N4O/c1-8-5-7(12)11-6-4-9-2-3-10-6/h2-4,8H,5H2,1H3,(H,10,11,12). The van der Waals surface area contributed by atoms with Crippen LogP contribution in [0.5, 0.6) is 0 Å². The fourth-order valence-electron chi connectivity index (χ4n) is 0.711. The smallest absolute Gasteiger partial charge is 0.239 e. The van der Waals surface area contributed by atoms with E-state index in [9.17, 15) is 4.79 Å². The number of aromatic nitrogens is 2. The number of nitrogens with one attached hydrogen (secondary N) is 2. The summed E-state index contributed by atoms with van der Waals surface area (Å²) in [5.41, 5.74) is 0. The number of nitrogens with zero attached hydrogens (tertiary/aromatic N) is 2. The molecular weight excluding hydrogens is 156 g/mol. The summed E-state index contributed by atoms with van der Waals surface area (Å²) >= 11 is 0. The van der Waals surface area contributed by atoms with E-state index in [1.54, 1.807) is 13.2 Å². The van der Waals surface area contributed by atoms with Crippen LogP contribution in [0.3, 0.4) is 0 Å². The van der Waals surface area contributed by atoms with Crippen LogP contribution in [0.25, 0.3) is 0 Å². The van der Waals surface area contributed by atoms with Crippen molar-refractivity contribution in [3.05, 3.63) is 18.6 Å². The zero-order chi connectivity index (χ0) is 8.81. The van der Waals surface area contributed by atoms with Gasteiger partial charge in [-0.3, -0.25) is 9.78 Å². The minimum absolute atomic E-state index is 0.127. The van der Waals surface area contributed by atoms with Gasteiger partial charge in [0.2, 0.25) is 5.91 Å². The van der Waals surface area contributed by atoms with E-state index in [0.29, 0.717) is 5.82 Å². The Hall–Kier alpha value is -1.49. The number of anilines is 1. The summed E-state index contributed by atoms with van der Waals surface area (Å²) in [5.74, 6) is 0.343. The molecule has 1 heterocycles. The molecule has 12 heavy (non-hydrogen) atoms. The molecule has 1 aromatic rings. The molecule has 64 valence electrons. The molecule has 0 aliphatic rings. The van der Waals surface area contributed by atoms with E-state index in [4.69, 9.17) is 0 Å². The van der Waals surface area contributed by atoms with E-state index in [-0.39, 0.29) is 12.5 Å². The molecule has 5 nitrogen and oxygen atoms in total. The van der Waals surface area contributed by atoms with Gasteiger partial charge < -0.3 is 10.6 Å². The van der Waals surface area contributed by atoms with Crippen molar-refractivity contribution in [2.45, 2.75) is 0 Å². The van der Waals surface area contributed by atoms with Crippen LogP contribution in [-0.4, -0.2) is 29.5 Å². The predicted octanol–water partition coefficient (Wildman–Crippen LogP) is -0.366. The van der Waals surface area contributed by atoms with Crippen LogP contribution >= 0.6 is 0 Å². The highest BCUT2D eigenvalue weighted by atomic mass is 16.1. The third kappa shape index (κ3) is 2.63. The third-order valence-corrected chi connectivity index (χ3v) is 1.17. The molecule has 0 atom stereocenters. The first-order valence-electron chi connectivity index (χ1n) is 3.53. The number of hydrogen-bond acceptors (Lipinski definition) is 4. The number of hydrogen-bond donors (Lipinski definition) is 2. The Labute approximate surface area is 70.2 Å². The average molecular weight is 166 g/mol. The van der Waals surface area contributed by atoms with Gasteiger partial charge in [0.25, 0.3) is 0 Å². The fourth-order valence-corrected chi connectivity index (χ4v) is 0.711. The molecule has 0 aromatic carbocycles. The summed E-state index contributed by atoms with van der Waals surface area (Å²) in [6, 6.07) is 0. The minimum Gasteiger partial charge on any atom is -0.311 e. The highest BCUT2D eigenvalue weighted by Crippen LogP contribution is 1.95. The van der Waals surface area contributed by atoms with Crippen molar-refractivity contribution in [2.75, 3.05) is 18.9 Å². The lowest BCUT2D eigenvalue weighted by Crippen LogP contribution is -2.25. The Kier molecular flexibility index (Phi) is 3.16. The van der Waals surface area contributed by atoms with Crippen LogP contribution in [0.15, 0.2) is 18.6 Å². The molecule has 0 radical (unpaired) electrons. The second-order valence-corrected chi connectivity index (χ2v) is 2.17. The van der Waals surface area contributed by atoms with Crippen LogP contribution in [0.1, 0.15) is 0 Å². The van der Waals surface area contributed by atoms with Gasteiger partial charge in [-0.25, -0.2) is 4.98 Å². The summed E-state index contributed by atoms with van der Waals surface area (Å²) in [6.45, 7) is 0.274. The summed E-state index contributed by atoms with van der Waals surface area (Å²) < 4.78 is 0. The highest BCUT2D eigenvalue weighted by Gasteiger charge is 1.99. The number of amides is 1. The largest absolute Gasteiger partial charge is 0.311 e. The van der Waals surface area contributed by atoms with Crippen molar-refractivity contribution < 1.29 is 4.79 Å². The van der Waals surface area contributed by atoms with Gasteiger partial charge in [-0.05, 0) is 7.05 Å². The van der Waals surface area contributed by atoms with Gasteiger partial charge in [0, 0.05) is 12.4 Å². The summed E-state index contributed by atoms with van der Waals surface area (Å²) in [4.78, 5) is 18.7. The van der Waals surface area contributed by atoms with Crippen LogP contribution in [-0.2, 0) is 4.79 Å². The molecule has 1 rings (SSSR count). The van der Waals surface area contributed by atoms with Crippen LogP contribution in [0.2, 0.25) is 0 Å². The highest BCUT2D eigenvalue weighted by molar-refractivity contribution is 5.91. The molecule has 0 unspecified atom stereocenters. The monoisotopic (exact) mass is 166 g/mol. The van der Waals surface area contributed by atoms with Crippen LogP contribution in [0, 0.1) is 0 Å². The predicted molar refractivity (Wildman–Crippen MR) is 44.6 cm³/mol. The van der Waals surface area contributed by atoms with Gasteiger partial charge in [0.15, 0.2) is 5.82 Å². The molecule has 0 fully saturated rings. The summed E-state index contributed by atoms with van der Waals surface area (Å²) in [7, 11) is 1.70. The van der Waals surface area contributed by atoms with E-state index in [1.807, 2.05) is 0 Å². The molecule has 2 N–H and O–H groups in total. The molecule has 0 aliphatic heterocycles. The lowest BCUT2D eigenvalue weighted by molar-refractivity contribution is -0.115. The topological polar surface area (TPSA) is 66.9 Å². The molecule has 0 saturated carbocycles.